The summed E-state index contributed by atoms with van der Waals surface area (Å²) in [5, 5.41) is 5.80. The molecule has 1 heterocycles. The third-order valence-electron chi connectivity index (χ3n) is 3.18. The molecule has 1 aromatic carbocycles. The fraction of sp³-hybridized carbons (Fsp3) is 0.462. The van der Waals surface area contributed by atoms with E-state index in [-0.39, 0.29) is 10.6 Å². The number of amides is 1. The molecule has 0 atom stereocenters. The molecular formula is C13H16ClF2N3O. The zero-order valence-electron chi connectivity index (χ0n) is 10.9. The highest BCUT2D eigenvalue weighted by Crippen LogP contribution is 2.19. The van der Waals surface area contributed by atoms with Crippen LogP contribution >= 0.6 is 11.6 Å². The summed E-state index contributed by atoms with van der Waals surface area (Å²) in [6, 6.07) is 1.62. The van der Waals surface area contributed by atoms with Gasteiger partial charge in [-0.25, -0.2) is 8.78 Å². The molecule has 0 bridgehead atoms. The molecule has 1 saturated heterocycles. The van der Waals surface area contributed by atoms with Crippen molar-refractivity contribution in [2.75, 3.05) is 39.3 Å². The Morgan fingerprint density at radius 3 is 2.65 bits per heavy atom. The van der Waals surface area contributed by atoms with Crippen LogP contribution in [-0.2, 0) is 0 Å². The maximum Gasteiger partial charge on any atom is 0.252 e. The molecule has 0 aliphatic carbocycles. The lowest BCUT2D eigenvalue weighted by atomic mass is 10.2. The number of hydrogen-bond acceptors (Lipinski definition) is 3. The minimum absolute atomic E-state index is 0.0501. The Balaban J connectivity index is 1.87. The Bertz CT molecular complexity index is 493. The summed E-state index contributed by atoms with van der Waals surface area (Å²) >= 11 is 5.74. The number of nitrogens with one attached hydrogen (secondary N) is 2. The number of hydrogen-bond donors (Lipinski definition) is 2. The van der Waals surface area contributed by atoms with Crippen molar-refractivity contribution in [3.8, 4) is 0 Å². The highest BCUT2D eigenvalue weighted by Gasteiger charge is 2.15. The number of piperazine rings is 1. The number of halogens is 3. The van der Waals surface area contributed by atoms with E-state index in [0.29, 0.717) is 13.1 Å². The topological polar surface area (TPSA) is 44.4 Å². The average molecular weight is 304 g/mol. The molecule has 0 unspecified atom stereocenters. The van der Waals surface area contributed by atoms with Gasteiger partial charge in [0.1, 0.15) is 0 Å². The van der Waals surface area contributed by atoms with Crippen molar-refractivity contribution in [2.45, 2.75) is 0 Å². The van der Waals surface area contributed by atoms with Gasteiger partial charge in [0.25, 0.3) is 5.91 Å². The Kier molecular flexibility index (Phi) is 5.28. The molecule has 1 amide bonds. The minimum Gasteiger partial charge on any atom is -0.351 e. The average Bonchev–Trinajstić information content (AvgIpc) is 2.44. The second-order valence-corrected chi connectivity index (χ2v) is 5.00. The monoisotopic (exact) mass is 303 g/mol. The molecule has 1 fully saturated rings. The van der Waals surface area contributed by atoms with Crippen molar-refractivity contribution < 1.29 is 13.6 Å². The van der Waals surface area contributed by atoms with E-state index in [1.807, 2.05) is 0 Å². The zero-order chi connectivity index (χ0) is 14.5. The molecule has 0 radical (unpaired) electrons. The van der Waals surface area contributed by atoms with Gasteiger partial charge in [0.05, 0.1) is 10.6 Å². The minimum atomic E-state index is -1.08. The Morgan fingerprint density at radius 2 is 1.95 bits per heavy atom. The van der Waals surface area contributed by atoms with Gasteiger partial charge in [0, 0.05) is 39.3 Å². The van der Waals surface area contributed by atoms with E-state index >= 15 is 0 Å². The second-order valence-electron chi connectivity index (χ2n) is 4.59. The van der Waals surface area contributed by atoms with Crippen molar-refractivity contribution in [3.63, 3.8) is 0 Å². The fourth-order valence-electron chi connectivity index (χ4n) is 2.05. The first-order valence-corrected chi connectivity index (χ1v) is 6.81. The van der Waals surface area contributed by atoms with Crippen molar-refractivity contribution in [2.24, 2.45) is 0 Å². The Labute approximate surface area is 121 Å². The molecule has 7 heteroatoms. The summed E-state index contributed by atoms with van der Waals surface area (Å²) in [5.41, 5.74) is -0.0501. The number of carbonyl (C=O) groups is 1. The summed E-state index contributed by atoms with van der Waals surface area (Å²) < 4.78 is 26.0. The van der Waals surface area contributed by atoms with Crippen molar-refractivity contribution >= 4 is 17.5 Å². The standard InChI is InChI=1S/C13H16ClF2N3O/c14-10-8-12(16)11(15)7-9(10)13(20)18-3-6-19-4-1-17-2-5-19/h7-8,17H,1-6H2,(H,18,20). The third kappa shape index (κ3) is 3.88. The van der Waals surface area contributed by atoms with Crippen LogP contribution in [0.4, 0.5) is 8.78 Å². The first kappa shape index (κ1) is 15.2. The molecule has 2 N–H and O–H groups in total. The lowest BCUT2D eigenvalue weighted by Gasteiger charge is -2.27. The first-order valence-electron chi connectivity index (χ1n) is 6.44. The molecule has 0 saturated carbocycles. The number of carbonyl (C=O) groups excluding carboxylic acids is 1. The van der Waals surface area contributed by atoms with Gasteiger partial charge in [0.2, 0.25) is 0 Å². The smallest absolute Gasteiger partial charge is 0.252 e. The van der Waals surface area contributed by atoms with Crippen LogP contribution in [0.5, 0.6) is 0 Å². The highest BCUT2D eigenvalue weighted by molar-refractivity contribution is 6.33. The van der Waals surface area contributed by atoms with Gasteiger partial charge in [-0.3, -0.25) is 9.69 Å². The summed E-state index contributed by atoms with van der Waals surface area (Å²) in [6.45, 7) is 4.89. The zero-order valence-corrected chi connectivity index (χ0v) is 11.6. The van der Waals surface area contributed by atoms with E-state index in [4.69, 9.17) is 11.6 Å². The predicted molar refractivity (Wildman–Crippen MR) is 73.0 cm³/mol. The van der Waals surface area contributed by atoms with Crippen molar-refractivity contribution in [1.82, 2.24) is 15.5 Å². The molecule has 20 heavy (non-hydrogen) atoms. The van der Waals surface area contributed by atoms with Crippen LogP contribution in [0.2, 0.25) is 5.02 Å². The maximum absolute atomic E-state index is 13.1. The molecule has 1 aromatic rings. The van der Waals surface area contributed by atoms with Gasteiger partial charge in [-0.2, -0.15) is 0 Å². The quantitative estimate of drug-likeness (QED) is 0.823. The number of rotatable bonds is 4. The summed E-state index contributed by atoms with van der Waals surface area (Å²) in [6.07, 6.45) is 0. The molecule has 0 spiro atoms. The van der Waals surface area contributed by atoms with Gasteiger partial charge in [-0.15, -0.1) is 0 Å². The summed E-state index contributed by atoms with van der Waals surface area (Å²) in [4.78, 5) is 14.1. The van der Waals surface area contributed by atoms with E-state index in [1.54, 1.807) is 0 Å². The molecule has 4 nitrogen and oxygen atoms in total. The highest BCUT2D eigenvalue weighted by atomic mass is 35.5. The van der Waals surface area contributed by atoms with Crippen LogP contribution in [0.3, 0.4) is 0 Å². The van der Waals surface area contributed by atoms with Crippen molar-refractivity contribution in [1.29, 1.82) is 0 Å². The molecule has 1 aliphatic rings. The third-order valence-corrected chi connectivity index (χ3v) is 3.49. The van der Waals surface area contributed by atoms with E-state index in [2.05, 4.69) is 15.5 Å². The molecule has 0 aromatic heterocycles. The lowest BCUT2D eigenvalue weighted by molar-refractivity contribution is 0.0947. The SMILES string of the molecule is O=C(NCCN1CCNCC1)c1cc(F)c(F)cc1Cl. The predicted octanol–water partition coefficient (Wildman–Crippen LogP) is 1.25. The van der Waals surface area contributed by atoms with Crippen LogP contribution in [0.25, 0.3) is 0 Å². The van der Waals surface area contributed by atoms with Crippen molar-refractivity contribution in [3.05, 3.63) is 34.4 Å². The molecule has 110 valence electrons. The van der Waals surface area contributed by atoms with E-state index in [9.17, 15) is 13.6 Å². The van der Waals surface area contributed by atoms with E-state index < -0.39 is 17.5 Å². The summed E-state index contributed by atoms with van der Waals surface area (Å²) in [5.74, 6) is -2.64. The molecule has 1 aliphatic heterocycles. The van der Waals surface area contributed by atoms with Crippen LogP contribution in [0.1, 0.15) is 10.4 Å². The van der Waals surface area contributed by atoms with E-state index in [0.717, 1.165) is 38.3 Å². The van der Waals surface area contributed by atoms with Crippen LogP contribution < -0.4 is 10.6 Å². The van der Waals surface area contributed by atoms with Gasteiger partial charge in [-0.05, 0) is 12.1 Å². The number of benzene rings is 1. The largest absolute Gasteiger partial charge is 0.351 e. The van der Waals surface area contributed by atoms with Crippen LogP contribution in [-0.4, -0.2) is 50.1 Å². The molecular weight excluding hydrogens is 288 g/mol. The summed E-state index contributed by atoms with van der Waals surface area (Å²) in [7, 11) is 0. The fourth-order valence-corrected chi connectivity index (χ4v) is 2.29. The first-order chi connectivity index (χ1) is 9.58. The van der Waals surface area contributed by atoms with Gasteiger partial charge >= 0.3 is 0 Å². The molecule has 2 rings (SSSR count). The van der Waals surface area contributed by atoms with E-state index in [1.165, 1.54) is 0 Å². The lowest BCUT2D eigenvalue weighted by Crippen LogP contribution is -2.46. The Morgan fingerprint density at radius 1 is 1.30 bits per heavy atom. The normalized spacial score (nSPS) is 16.1. The second kappa shape index (κ2) is 6.97. The van der Waals surface area contributed by atoms with Gasteiger partial charge in [0.15, 0.2) is 11.6 Å². The number of nitrogens with zero attached hydrogens (tertiary/aromatic N) is 1. The Hall–Kier alpha value is -1.24. The van der Waals surface area contributed by atoms with Gasteiger partial charge in [-0.1, -0.05) is 11.6 Å². The van der Waals surface area contributed by atoms with Crippen LogP contribution in [0.15, 0.2) is 12.1 Å². The van der Waals surface area contributed by atoms with Gasteiger partial charge < -0.3 is 10.6 Å². The van der Waals surface area contributed by atoms with Crippen LogP contribution in [0, 0.1) is 11.6 Å². The maximum atomic E-state index is 13.1.